The molecule has 0 spiro atoms. The van der Waals surface area contributed by atoms with Gasteiger partial charge in [-0.25, -0.2) is 0 Å². The number of amides is 1. The predicted octanol–water partition coefficient (Wildman–Crippen LogP) is 6.68. The number of halogens is 1. The lowest BCUT2D eigenvalue weighted by atomic mass is 9.86. The van der Waals surface area contributed by atoms with Gasteiger partial charge in [-0.3, -0.25) is 9.78 Å². The Morgan fingerprint density at radius 1 is 1.15 bits per heavy atom. The zero-order valence-corrected chi connectivity index (χ0v) is 24.5. The second-order valence-corrected chi connectivity index (χ2v) is 11.7. The average molecular weight is 560 g/mol. The molecule has 2 N–H and O–H groups in total. The van der Waals surface area contributed by atoms with E-state index in [1.165, 1.54) is 5.57 Å². The summed E-state index contributed by atoms with van der Waals surface area (Å²) in [6.45, 7) is 8.96. The molecule has 5 rings (SSSR count). The number of carbonyl (C=O) groups excluding carboxylic acids is 1. The third-order valence-corrected chi connectivity index (χ3v) is 8.53. The van der Waals surface area contributed by atoms with Gasteiger partial charge in [0.1, 0.15) is 0 Å². The van der Waals surface area contributed by atoms with Crippen molar-refractivity contribution in [2.75, 3.05) is 23.8 Å². The maximum absolute atomic E-state index is 13.0. The van der Waals surface area contributed by atoms with Gasteiger partial charge < -0.3 is 20.4 Å². The largest absolute Gasteiger partial charge is 0.365 e. The highest BCUT2D eigenvalue weighted by Crippen LogP contribution is 2.46. The molecular formula is C31H34ClN5OS. The van der Waals surface area contributed by atoms with Gasteiger partial charge >= 0.3 is 0 Å². The number of pyridine rings is 1. The number of allylic oxidation sites excluding steroid dienone is 1. The van der Waals surface area contributed by atoms with Gasteiger partial charge in [-0.15, -0.1) is 0 Å². The van der Waals surface area contributed by atoms with E-state index in [1.807, 2.05) is 49.4 Å². The number of aryl methyl sites for hydroxylation is 1. The molecule has 0 aliphatic carbocycles. The molecule has 202 valence electrons. The van der Waals surface area contributed by atoms with E-state index in [0.29, 0.717) is 16.7 Å². The number of para-hydroxylation sites is 1. The minimum absolute atomic E-state index is 0.0636. The summed E-state index contributed by atoms with van der Waals surface area (Å²) in [6, 6.07) is 17.4. The fourth-order valence-corrected chi connectivity index (χ4v) is 6.15. The molecule has 3 heterocycles. The lowest BCUT2D eigenvalue weighted by molar-refractivity contribution is -0.116. The van der Waals surface area contributed by atoms with Crippen LogP contribution in [-0.4, -0.2) is 40.0 Å². The van der Waals surface area contributed by atoms with Crippen LogP contribution in [0.4, 0.5) is 11.4 Å². The molecule has 1 saturated heterocycles. The number of nitrogens with one attached hydrogen (secondary N) is 2. The van der Waals surface area contributed by atoms with Crippen LogP contribution in [0.2, 0.25) is 5.02 Å². The van der Waals surface area contributed by atoms with E-state index < -0.39 is 0 Å². The van der Waals surface area contributed by atoms with E-state index in [0.717, 1.165) is 33.8 Å². The van der Waals surface area contributed by atoms with Crippen LogP contribution in [0.3, 0.4) is 0 Å². The zero-order valence-electron chi connectivity index (χ0n) is 23.0. The highest BCUT2D eigenvalue weighted by atomic mass is 35.5. The number of thiocarbonyl (C=S) groups is 1. The highest BCUT2D eigenvalue weighted by molar-refractivity contribution is 7.80. The molecule has 0 unspecified atom stereocenters. The van der Waals surface area contributed by atoms with E-state index in [4.69, 9.17) is 23.8 Å². The Kier molecular flexibility index (Phi) is 7.40. The van der Waals surface area contributed by atoms with Gasteiger partial charge in [0.25, 0.3) is 0 Å². The van der Waals surface area contributed by atoms with Crippen LogP contribution in [0.15, 0.2) is 66.9 Å². The molecule has 2 atom stereocenters. The van der Waals surface area contributed by atoms with E-state index in [-0.39, 0.29) is 30.0 Å². The van der Waals surface area contributed by atoms with Gasteiger partial charge in [-0.05, 0) is 86.9 Å². The average Bonchev–Trinajstić information content (AvgIpc) is 3.23. The molecule has 1 amide bonds. The summed E-state index contributed by atoms with van der Waals surface area (Å²) >= 11 is 12.9. The monoisotopic (exact) mass is 559 g/mol. The topological polar surface area (TPSA) is 60.5 Å². The normalized spacial score (nSPS) is 19.8. The molecular weight excluding hydrogens is 526 g/mol. The van der Waals surface area contributed by atoms with Crippen LogP contribution in [0.1, 0.15) is 61.7 Å². The molecule has 1 aromatic heterocycles. The third kappa shape index (κ3) is 5.25. The Labute approximate surface area is 241 Å². The number of nitrogens with zero attached hydrogens (tertiary/aromatic N) is 3. The number of fused-ring (bicyclic) bond motifs is 1. The summed E-state index contributed by atoms with van der Waals surface area (Å²) in [7, 11) is 2.10. The number of benzene rings is 2. The van der Waals surface area contributed by atoms with Crippen molar-refractivity contribution in [1.82, 2.24) is 15.2 Å². The van der Waals surface area contributed by atoms with Crippen molar-refractivity contribution < 1.29 is 4.79 Å². The van der Waals surface area contributed by atoms with Gasteiger partial charge in [-0.1, -0.05) is 41.9 Å². The molecule has 8 heteroatoms. The number of likely N-dealkylation sites (N-methyl/N-ethyl adjacent to an activating group) is 1. The number of carbonyl (C=O) groups is 1. The molecule has 2 aromatic carbocycles. The summed E-state index contributed by atoms with van der Waals surface area (Å²) < 4.78 is 0. The SMILES string of the molecule is CC1=CC(C)(C)N(C)c2cc(Cl)c([C@H]3[C@@H](c4ccccn4)NC(=S)N3CCC(=O)Nc3ccccc3C)cc21. The first-order valence-corrected chi connectivity index (χ1v) is 14.0. The highest BCUT2D eigenvalue weighted by Gasteiger charge is 2.41. The second-order valence-electron chi connectivity index (χ2n) is 10.9. The number of hydrogen-bond acceptors (Lipinski definition) is 4. The van der Waals surface area contributed by atoms with Crippen LogP contribution in [0.25, 0.3) is 5.57 Å². The minimum atomic E-state index is -0.232. The molecule has 0 radical (unpaired) electrons. The van der Waals surface area contributed by atoms with Crippen LogP contribution in [0, 0.1) is 6.92 Å². The quantitative estimate of drug-likeness (QED) is 0.329. The van der Waals surface area contributed by atoms with Gasteiger partial charge in [-0.2, -0.15) is 0 Å². The number of aromatic nitrogens is 1. The molecule has 1 fully saturated rings. The summed E-state index contributed by atoms with van der Waals surface area (Å²) in [4.78, 5) is 21.9. The Morgan fingerprint density at radius 3 is 2.62 bits per heavy atom. The molecule has 3 aromatic rings. The maximum atomic E-state index is 13.0. The summed E-state index contributed by atoms with van der Waals surface area (Å²) in [5, 5.41) is 7.75. The van der Waals surface area contributed by atoms with Crippen molar-refractivity contribution in [3.8, 4) is 0 Å². The smallest absolute Gasteiger partial charge is 0.226 e. The molecule has 2 aliphatic rings. The Balaban J connectivity index is 1.50. The molecule has 0 saturated carbocycles. The summed E-state index contributed by atoms with van der Waals surface area (Å²) in [5.41, 5.74) is 7.00. The van der Waals surface area contributed by atoms with Crippen molar-refractivity contribution in [1.29, 1.82) is 0 Å². The fraction of sp³-hybridized carbons (Fsp3) is 0.323. The summed E-state index contributed by atoms with van der Waals surface area (Å²) in [6.07, 6.45) is 4.35. The van der Waals surface area contributed by atoms with Crippen LogP contribution in [-0.2, 0) is 4.79 Å². The van der Waals surface area contributed by atoms with Gasteiger partial charge in [0.05, 0.1) is 23.3 Å². The summed E-state index contributed by atoms with van der Waals surface area (Å²) in [5.74, 6) is -0.0636. The van der Waals surface area contributed by atoms with Crippen molar-refractivity contribution in [2.45, 2.75) is 51.7 Å². The Bertz CT molecular complexity index is 1450. The van der Waals surface area contributed by atoms with E-state index in [9.17, 15) is 4.79 Å². The zero-order chi connectivity index (χ0) is 27.9. The molecule has 0 bridgehead atoms. The van der Waals surface area contributed by atoms with Crippen LogP contribution < -0.4 is 15.5 Å². The molecule has 6 nitrogen and oxygen atoms in total. The lowest BCUT2D eigenvalue weighted by Gasteiger charge is -2.41. The van der Waals surface area contributed by atoms with Gasteiger partial charge in [0, 0.05) is 48.2 Å². The number of anilines is 2. The van der Waals surface area contributed by atoms with E-state index in [2.05, 4.69) is 71.4 Å². The standard InChI is InChI=1S/C31H34ClN5OS/c1-19-10-6-7-11-24(19)34-27(38)13-15-37-29(28(35-30(37)39)25-12-8-9-14-33-25)22-16-21-20(2)18-31(3,4)36(5)26(21)17-23(22)32/h6-12,14,16-18,28-29H,13,15H2,1-5H3,(H,34,38)(H,35,39)/t28-,29+/m1/s1. The van der Waals surface area contributed by atoms with Crippen LogP contribution in [0.5, 0.6) is 0 Å². The molecule has 39 heavy (non-hydrogen) atoms. The lowest BCUT2D eigenvalue weighted by Crippen LogP contribution is -2.42. The first kappa shape index (κ1) is 27.2. The Hall–Kier alpha value is -3.42. The first-order valence-electron chi connectivity index (χ1n) is 13.2. The van der Waals surface area contributed by atoms with Gasteiger partial charge in [0.2, 0.25) is 5.91 Å². The first-order chi connectivity index (χ1) is 18.6. The molecule has 2 aliphatic heterocycles. The van der Waals surface area contributed by atoms with Crippen molar-refractivity contribution >= 4 is 51.8 Å². The van der Waals surface area contributed by atoms with E-state index in [1.54, 1.807) is 6.20 Å². The third-order valence-electron chi connectivity index (χ3n) is 7.85. The van der Waals surface area contributed by atoms with Crippen molar-refractivity contribution in [2.24, 2.45) is 0 Å². The van der Waals surface area contributed by atoms with Crippen molar-refractivity contribution in [3.05, 3.63) is 94.3 Å². The van der Waals surface area contributed by atoms with E-state index >= 15 is 0 Å². The number of rotatable bonds is 6. The van der Waals surface area contributed by atoms with Crippen LogP contribution >= 0.6 is 23.8 Å². The van der Waals surface area contributed by atoms with Crippen molar-refractivity contribution in [3.63, 3.8) is 0 Å². The predicted molar refractivity (Wildman–Crippen MR) is 164 cm³/mol. The fourth-order valence-electron chi connectivity index (χ4n) is 5.55. The Morgan fingerprint density at radius 2 is 1.90 bits per heavy atom. The minimum Gasteiger partial charge on any atom is -0.365 e. The number of hydrogen-bond donors (Lipinski definition) is 2. The van der Waals surface area contributed by atoms with Gasteiger partial charge in [0.15, 0.2) is 5.11 Å². The maximum Gasteiger partial charge on any atom is 0.226 e. The second kappa shape index (κ2) is 10.6.